The molecule has 0 aromatic heterocycles. The number of para-hydroxylation sites is 1. The predicted octanol–water partition coefficient (Wildman–Crippen LogP) is 6.59. The number of hydrogen-bond acceptors (Lipinski definition) is 1. The Bertz CT molecular complexity index is 1090. The first kappa shape index (κ1) is 21.6. The first-order valence-electron chi connectivity index (χ1n) is 11.1. The van der Waals surface area contributed by atoms with Gasteiger partial charge in [-0.1, -0.05) is 140 Å². The highest BCUT2D eigenvalue weighted by Crippen LogP contribution is 2.56. The van der Waals surface area contributed by atoms with E-state index in [-0.39, 0.29) is 0 Å². The monoisotopic (exact) mass is 461 g/mol. The van der Waals surface area contributed by atoms with Crippen LogP contribution in [0.2, 0.25) is 0 Å². The maximum atomic E-state index is 2.69. The Labute approximate surface area is 199 Å². The molecule has 0 fully saturated rings. The number of anilines is 1. The molecule has 0 radical (unpaired) electrons. The molecule has 0 unspecified atom stereocenters. The predicted molar refractivity (Wildman–Crippen MR) is 147 cm³/mol. The van der Waals surface area contributed by atoms with E-state index in [1.54, 1.807) is 0 Å². The summed E-state index contributed by atoms with van der Waals surface area (Å²) in [6.07, 6.45) is 0. The Balaban J connectivity index is 1.79. The van der Waals surface area contributed by atoms with Crippen molar-refractivity contribution in [1.29, 1.82) is 0 Å². The molecule has 0 aliphatic carbocycles. The molecule has 33 heavy (non-hydrogen) atoms. The van der Waals surface area contributed by atoms with E-state index in [4.69, 9.17) is 0 Å². The quantitative estimate of drug-likeness (QED) is 0.247. The zero-order chi connectivity index (χ0) is 22.3. The Morgan fingerprint density at radius 1 is 0.303 bits per heavy atom. The van der Waals surface area contributed by atoms with Crippen molar-refractivity contribution >= 4 is 43.1 Å². The molecule has 0 saturated carbocycles. The van der Waals surface area contributed by atoms with Crippen molar-refractivity contribution in [3.05, 3.63) is 152 Å². The van der Waals surface area contributed by atoms with E-state index < -0.39 is 16.1 Å². The second-order valence-corrected chi connectivity index (χ2v) is 12.0. The Hall–Kier alpha value is -3.24. The summed E-state index contributed by atoms with van der Waals surface area (Å²) in [5.41, 5.74) is 1.25. The molecule has 5 aromatic carbocycles. The van der Waals surface area contributed by atoms with Crippen LogP contribution >= 0.6 is 16.1 Å². The van der Waals surface area contributed by atoms with Crippen molar-refractivity contribution in [3.63, 3.8) is 0 Å². The molecule has 160 valence electrons. The van der Waals surface area contributed by atoms with Crippen LogP contribution in [0.25, 0.3) is 0 Å². The summed E-state index contributed by atoms with van der Waals surface area (Å²) in [5.74, 6) is 0. The normalized spacial score (nSPS) is 11.0. The summed E-state index contributed by atoms with van der Waals surface area (Å²) < 4.78 is 2.69. The number of nitrogens with zero attached hydrogens (tertiary/aromatic N) is 1. The highest BCUT2D eigenvalue weighted by molar-refractivity contribution is 7.90. The van der Waals surface area contributed by atoms with Crippen molar-refractivity contribution in [3.8, 4) is 0 Å². The van der Waals surface area contributed by atoms with Crippen molar-refractivity contribution in [2.24, 2.45) is 0 Å². The standard InChI is InChI=1S/C30H25NP2/c1-6-16-26(17-7-1)31(32(27-18-8-2-9-19-27)28-20-10-3-11-21-28)33(29-22-12-4-13-23-29)30-24-14-5-15-25-30/h1-25H. The highest BCUT2D eigenvalue weighted by atomic mass is 31.2. The van der Waals surface area contributed by atoms with Gasteiger partial charge in [0.05, 0.1) is 16.1 Å². The van der Waals surface area contributed by atoms with Gasteiger partial charge >= 0.3 is 0 Å². The third-order valence-electron chi connectivity index (χ3n) is 5.37. The average molecular weight is 461 g/mol. The molecule has 0 atom stereocenters. The third kappa shape index (κ3) is 4.91. The van der Waals surface area contributed by atoms with Gasteiger partial charge in [-0.3, -0.25) is 0 Å². The average Bonchev–Trinajstić information content (AvgIpc) is 2.91. The van der Waals surface area contributed by atoms with Gasteiger partial charge in [0.1, 0.15) is 0 Å². The molecule has 0 heterocycles. The van der Waals surface area contributed by atoms with Crippen LogP contribution in [-0.4, -0.2) is 0 Å². The van der Waals surface area contributed by atoms with Gasteiger partial charge in [0.15, 0.2) is 0 Å². The lowest BCUT2D eigenvalue weighted by molar-refractivity contribution is 1.56. The zero-order valence-corrected chi connectivity index (χ0v) is 20.1. The van der Waals surface area contributed by atoms with Crippen LogP contribution < -0.4 is 25.7 Å². The zero-order valence-electron chi connectivity index (χ0n) is 18.3. The lowest BCUT2D eigenvalue weighted by Crippen LogP contribution is -2.31. The molecule has 0 amide bonds. The summed E-state index contributed by atoms with van der Waals surface area (Å²) >= 11 is 0. The van der Waals surface area contributed by atoms with E-state index in [9.17, 15) is 0 Å². The third-order valence-corrected chi connectivity index (χ3v) is 10.8. The topological polar surface area (TPSA) is 3.24 Å². The SMILES string of the molecule is c1ccc(N(P(c2ccccc2)c2ccccc2)P(c2ccccc2)c2ccccc2)cc1. The summed E-state index contributed by atoms with van der Waals surface area (Å²) in [6, 6.07) is 54.8. The Morgan fingerprint density at radius 3 is 0.818 bits per heavy atom. The first-order chi connectivity index (χ1) is 16.4. The molecule has 5 rings (SSSR count). The fourth-order valence-corrected chi connectivity index (χ4v) is 9.87. The largest absolute Gasteiger partial charge is 0.313 e. The summed E-state index contributed by atoms with van der Waals surface area (Å²) in [7, 11) is -1.63. The van der Waals surface area contributed by atoms with Crippen molar-refractivity contribution in [1.82, 2.24) is 0 Å². The maximum Gasteiger partial charge on any atom is 0.0590 e. The molecular weight excluding hydrogens is 436 g/mol. The molecule has 0 N–H and O–H groups in total. The van der Waals surface area contributed by atoms with Gasteiger partial charge in [-0.15, -0.1) is 0 Å². The van der Waals surface area contributed by atoms with Gasteiger partial charge in [-0.25, -0.2) is 0 Å². The summed E-state index contributed by atoms with van der Waals surface area (Å²) in [5, 5.41) is 5.40. The number of rotatable bonds is 7. The van der Waals surface area contributed by atoms with Crippen molar-refractivity contribution < 1.29 is 0 Å². The molecule has 5 aromatic rings. The number of hydrogen-bond donors (Lipinski definition) is 0. The van der Waals surface area contributed by atoms with Crippen LogP contribution in [0.4, 0.5) is 5.69 Å². The minimum atomic E-state index is -0.815. The maximum absolute atomic E-state index is 2.69. The van der Waals surface area contributed by atoms with E-state index in [2.05, 4.69) is 156 Å². The smallest absolute Gasteiger partial charge is 0.0590 e. The molecule has 0 bridgehead atoms. The lowest BCUT2D eigenvalue weighted by Gasteiger charge is -2.40. The van der Waals surface area contributed by atoms with E-state index in [0.29, 0.717) is 0 Å². The molecule has 1 nitrogen and oxygen atoms in total. The van der Waals surface area contributed by atoms with Gasteiger partial charge < -0.3 is 4.44 Å². The minimum Gasteiger partial charge on any atom is -0.313 e. The highest BCUT2D eigenvalue weighted by Gasteiger charge is 2.31. The van der Waals surface area contributed by atoms with Gasteiger partial charge in [0.2, 0.25) is 0 Å². The van der Waals surface area contributed by atoms with Crippen LogP contribution in [-0.2, 0) is 0 Å². The fourth-order valence-electron chi connectivity index (χ4n) is 3.89. The van der Waals surface area contributed by atoms with E-state index in [1.165, 1.54) is 26.9 Å². The Kier molecular flexibility index (Phi) is 6.93. The first-order valence-corrected chi connectivity index (χ1v) is 13.7. The second-order valence-electron chi connectivity index (χ2n) is 7.59. The van der Waals surface area contributed by atoms with Crippen molar-refractivity contribution in [2.75, 3.05) is 4.44 Å². The van der Waals surface area contributed by atoms with Crippen LogP contribution in [0, 0.1) is 0 Å². The van der Waals surface area contributed by atoms with E-state index >= 15 is 0 Å². The van der Waals surface area contributed by atoms with Gasteiger partial charge in [-0.05, 0) is 12.1 Å². The molecule has 0 spiro atoms. The summed E-state index contributed by atoms with van der Waals surface area (Å²) in [6.45, 7) is 0. The van der Waals surface area contributed by atoms with Gasteiger partial charge in [0, 0.05) is 26.9 Å². The van der Waals surface area contributed by atoms with Crippen molar-refractivity contribution in [2.45, 2.75) is 0 Å². The van der Waals surface area contributed by atoms with E-state index in [0.717, 1.165) is 0 Å². The van der Waals surface area contributed by atoms with Gasteiger partial charge in [0.25, 0.3) is 0 Å². The number of benzene rings is 5. The van der Waals surface area contributed by atoms with Crippen LogP contribution in [0.1, 0.15) is 0 Å². The molecule has 0 aliphatic heterocycles. The lowest BCUT2D eigenvalue weighted by atomic mass is 10.3. The molecule has 0 aliphatic rings. The minimum absolute atomic E-state index is 0.815. The summed E-state index contributed by atoms with van der Waals surface area (Å²) in [4.78, 5) is 0. The molecular formula is C30H25NP2. The molecule has 3 heteroatoms. The second kappa shape index (κ2) is 10.6. The van der Waals surface area contributed by atoms with Gasteiger partial charge in [-0.2, -0.15) is 0 Å². The Morgan fingerprint density at radius 2 is 0.545 bits per heavy atom. The van der Waals surface area contributed by atoms with Crippen LogP contribution in [0.3, 0.4) is 0 Å². The van der Waals surface area contributed by atoms with Crippen LogP contribution in [0.15, 0.2) is 152 Å². The fraction of sp³-hybridized carbons (Fsp3) is 0. The molecule has 0 saturated heterocycles. The van der Waals surface area contributed by atoms with E-state index in [1.807, 2.05) is 0 Å². The van der Waals surface area contributed by atoms with Crippen LogP contribution in [0.5, 0.6) is 0 Å².